The van der Waals surface area contributed by atoms with E-state index in [2.05, 4.69) is 32.9 Å². The molecule has 0 radical (unpaired) electrons. The summed E-state index contributed by atoms with van der Waals surface area (Å²) in [6.45, 7) is 6.68. The van der Waals surface area contributed by atoms with Crippen molar-refractivity contribution in [1.29, 1.82) is 0 Å². The molecule has 0 fully saturated rings. The van der Waals surface area contributed by atoms with Crippen LogP contribution in [-0.2, 0) is 28.6 Å². The monoisotopic (exact) mass is 1100 g/mol. The van der Waals surface area contributed by atoms with Gasteiger partial charge in [0.1, 0.15) is 13.2 Å². The highest BCUT2D eigenvalue weighted by atomic mass is 16.6. The average molecular weight is 1100 g/mol. The Bertz CT molecular complexity index is 1210. The predicted molar refractivity (Wildman–Crippen MR) is 340 cm³/mol. The standard InChI is InChI=1S/C72H138O6/c1-4-7-10-13-16-19-21-23-25-27-29-30-31-32-33-34-35-36-37-38-39-40-41-42-44-45-47-49-51-53-56-59-62-65-71(74)77-68-69(67-76-70(73)64-61-58-55-18-15-12-9-6-3)78-72(75)66-63-60-57-54-52-50-48-46-43-28-26-24-22-20-17-14-11-8-5-2/h24,26,69H,4-23,25,27-68H2,1-3H3/b26-24-. The van der Waals surface area contributed by atoms with Crippen molar-refractivity contribution in [2.24, 2.45) is 0 Å². The molecular weight excluding hydrogens is 961 g/mol. The third-order valence-corrected chi connectivity index (χ3v) is 16.5. The Morgan fingerprint density at radius 3 is 0.641 bits per heavy atom. The van der Waals surface area contributed by atoms with E-state index in [1.165, 1.54) is 315 Å². The quantitative estimate of drug-likeness (QED) is 0.0261. The molecule has 1 unspecified atom stereocenters. The van der Waals surface area contributed by atoms with Crippen molar-refractivity contribution < 1.29 is 28.6 Å². The van der Waals surface area contributed by atoms with E-state index in [0.717, 1.165) is 57.8 Å². The number of hydrogen-bond acceptors (Lipinski definition) is 6. The number of ether oxygens (including phenoxy) is 3. The summed E-state index contributed by atoms with van der Waals surface area (Å²) in [5.41, 5.74) is 0. The Morgan fingerprint density at radius 1 is 0.244 bits per heavy atom. The largest absolute Gasteiger partial charge is 0.462 e. The van der Waals surface area contributed by atoms with E-state index >= 15 is 0 Å². The molecule has 0 aromatic heterocycles. The Labute approximate surface area is 488 Å². The molecule has 0 bridgehead atoms. The topological polar surface area (TPSA) is 78.9 Å². The van der Waals surface area contributed by atoms with E-state index in [-0.39, 0.29) is 31.1 Å². The van der Waals surface area contributed by atoms with Gasteiger partial charge >= 0.3 is 17.9 Å². The number of esters is 3. The zero-order valence-electron chi connectivity index (χ0n) is 53.2. The van der Waals surface area contributed by atoms with Crippen LogP contribution in [0.15, 0.2) is 12.2 Å². The van der Waals surface area contributed by atoms with Crippen molar-refractivity contribution in [3.8, 4) is 0 Å². The van der Waals surface area contributed by atoms with Gasteiger partial charge in [0.2, 0.25) is 0 Å². The fraction of sp³-hybridized carbons (Fsp3) is 0.931. The molecule has 78 heavy (non-hydrogen) atoms. The van der Waals surface area contributed by atoms with Gasteiger partial charge in [-0.15, -0.1) is 0 Å². The Balaban J connectivity index is 3.97. The molecule has 0 aliphatic carbocycles. The lowest BCUT2D eigenvalue weighted by molar-refractivity contribution is -0.167. The minimum atomic E-state index is -0.766. The lowest BCUT2D eigenvalue weighted by atomic mass is 10.0. The van der Waals surface area contributed by atoms with Crippen molar-refractivity contribution in [3.05, 3.63) is 12.2 Å². The molecule has 462 valence electrons. The van der Waals surface area contributed by atoms with Crippen molar-refractivity contribution in [2.45, 2.75) is 419 Å². The summed E-state index contributed by atoms with van der Waals surface area (Å²) in [7, 11) is 0. The second-order valence-corrected chi connectivity index (χ2v) is 24.5. The van der Waals surface area contributed by atoms with Gasteiger partial charge in [0.15, 0.2) is 6.10 Å². The molecule has 0 N–H and O–H groups in total. The molecule has 0 aromatic rings. The van der Waals surface area contributed by atoms with Crippen LogP contribution < -0.4 is 0 Å². The number of carbonyl (C=O) groups excluding carboxylic acids is 3. The van der Waals surface area contributed by atoms with E-state index in [0.29, 0.717) is 19.3 Å². The molecule has 0 saturated heterocycles. The van der Waals surface area contributed by atoms with Gasteiger partial charge in [-0.3, -0.25) is 14.4 Å². The van der Waals surface area contributed by atoms with E-state index in [9.17, 15) is 14.4 Å². The summed E-state index contributed by atoms with van der Waals surface area (Å²) in [5.74, 6) is -0.842. The van der Waals surface area contributed by atoms with Crippen LogP contribution in [0.4, 0.5) is 0 Å². The summed E-state index contributed by atoms with van der Waals surface area (Å²) < 4.78 is 16.9. The highest BCUT2D eigenvalue weighted by Crippen LogP contribution is 2.19. The molecule has 0 amide bonds. The molecule has 0 aliphatic heterocycles. The first-order valence-electron chi connectivity index (χ1n) is 35.7. The fourth-order valence-electron chi connectivity index (χ4n) is 11.2. The first-order chi connectivity index (χ1) is 38.5. The van der Waals surface area contributed by atoms with Gasteiger partial charge in [-0.2, -0.15) is 0 Å². The first-order valence-corrected chi connectivity index (χ1v) is 35.7. The summed E-state index contributed by atoms with van der Waals surface area (Å²) in [5, 5.41) is 0. The average Bonchev–Trinajstić information content (AvgIpc) is 3.44. The third-order valence-electron chi connectivity index (χ3n) is 16.5. The van der Waals surface area contributed by atoms with Crippen molar-refractivity contribution >= 4 is 17.9 Å². The van der Waals surface area contributed by atoms with Gasteiger partial charge in [0, 0.05) is 19.3 Å². The summed E-state index contributed by atoms with van der Waals surface area (Å²) >= 11 is 0. The van der Waals surface area contributed by atoms with Gasteiger partial charge in [-0.05, 0) is 44.9 Å². The van der Waals surface area contributed by atoms with Crippen LogP contribution in [0.5, 0.6) is 0 Å². The molecule has 0 saturated carbocycles. The molecule has 0 heterocycles. The maximum atomic E-state index is 12.9. The molecule has 0 spiro atoms. The minimum Gasteiger partial charge on any atom is -0.462 e. The van der Waals surface area contributed by atoms with Crippen molar-refractivity contribution in [2.75, 3.05) is 13.2 Å². The molecule has 0 rings (SSSR count). The summed E-state index contributed by atoms with van der Waals surface area (Å²) in [4.78, 5) is 38.2. The summed E-state index contributed by atoms with van der Waals surface area (Å²) in [6.07, 6.45) is 81.4. The number of carbonyl (C=O) groups is 3. The van der Waals surface area contributed by atoms with E-state index in [4.69, 9.17) is 14.2 Å². The van der Waals surface area contributed by atoms with Gasteiger partial charge in [-0.1, -0.05) is 360 Å². The van der Waals surface area contributed by atoms with E-state index in [1.807, 2.05) is 0 Å². The lowest BCUT2D eigenvalue weighted by Crippen LogP contribution is -2.30. The number of hydrogen-bond donors (Lipinski definition) is 0. The number of allylic oxidation sites excluding steroid dienone is 2. The van der Waals surface area contributed by atoms with Crippen LogP contribution in [0.3, 0.4) is 0 Å². The maximum absolute atomic E-state index is 12.9. The molecule has 1 atom stereocenters. The van der Waals surface area contributed by atoms with Crippen LogP contribution >= 0.6 is 0 Å². The van der Waals surface area contributed by atoms with E-state index < -0.39 is 6.10 Å². The van der Waals surface area contributed by atoms with Crippen molar-refractivity contribution in [3.63, 3.8) is 0 Å². The normalized spacial score (nSPS) is 12.0. The van der Waals surface area contributed by atoms with E-state index in [1.54, 1.807) is 0 Å². The van der Waals surface area contributed by atoms with Crippen LogP contribution in [0.2, 0.25) is 0 Å². The van der Waals surface area contributed by atoms with Gasteiger partial charge < -0.3 is 14.2 Å². The maximum Gasteiger partial charge on any atom is 0.306 e. The summed E-state index contributed by atoms with van der Waals surface area (Å²) in [6, 6.07) is 0. The number of unbranched alkanes of at least 4 members (excludes halogenated alkanes) is 54. The second-order valence-electron chi connectivity index (χ2n) is 24.5. The van der Waals surface area contributed by atoms with Gasteiger partial charge in [0.25, 0.3) is 0 Å². The first kappa shape index (κ1) is 76.1. The molecular formula is C72H138O6. The fourth-order valence-corrected chi connectivity index (χ4v) is 11.2. The Kier molecular flexibility index (Phi) is 66.0. The Hall–Kier alpha value is -1.85. The van der Waals surface area contributed by atoms with Crippen LogP contribution in [-0.4, -0.2) is 37.2 Å². The zero-order valence-corrected chi connectivity index (χ0v) is 53.2. The molecule has 6 nitrogen and oxygen atoms in total. The minimum absolute atomic E-state index is 0.0647. The zero-order chi connectivity index (χ0) is 56.4. The second kappa shape index (κ2) is 67.7. The van der Waals surface area contributed by atoms with Crippen LogP contribution in [0.25, 0.3) is 0 Å². The third kappa shape index (κ3) is 65.0. The van der Waals surface area contributed by atoms with Crippen LogP contribution in [0.1, 0.15) is 412 Å². The molecule has 0 aliphatic rings. The highest BCUT2D eigenvalue weighted by molar-refractivity contribution is 5.71. The van der Waals surface area contributed by atoms with Gasteiger partial charge in [0.05, 0.1) is 0 Å². The Morgan fingerprint density at radius 2 is 0.423 bits per heavy atom. The predicted octanol–water partition coefficient (Wildman–Crippen LogP) is 24.4. The smallest absolute Gasteiger partial charge is 0.306 e. The lowest BCUT2D eigenvalue weighted by Gasteiger charge is -2.18. The number of rotatable bonds is 67. The highest BCUT2D eigenvalue weighted by Gasteiger charge is 2.19. The van der Waals surface area contributed by atoms with Gasteiger partial charge in [-0.25, -0.2) is 0 Å². The van der Waals surface area contributed by atoms with Crippen LogP contribution in [0, 0.1) is 0 Å². The molecule has 0 aromatic carbocycles. The van der Waals surface area contributed by atoms with Crippen molar-refractivity contribution in [1.82, 2.24) is 0 Å². The SMILES string of the molecule is CCCCCCCC/C=C\CCCCCCCCCCCC(=O)OC(COC(=O)CCCCCCCCCC)COC(=O)CCCCCCCCCCCCCCCCCCCCCCCCCCCCCCCCCCC. The molecule has 6 heteroatoms.